The average molecular weight is 1260 g/mol. The van der Waals surface area contributed by atoms with Crippen molar-refractivity contribution in [2.75, 3.05) is 26.2 Å². The summed E-state index contributed by atoms with van der Waals surface area (Å²) in [6, 6.07) is 8.97. The first kappa shape index (κ1) is 74.6. The van der Waals surface area contributed by atoms with E-state index in [9.17, 15) is 47.9 Å². The second-order valence-corrected chi connectivity index (χ2v) is 22.9. The Morgan fingerprint density at radius 3 is 1.85 bits per heavy atom. The molecule has 0 aliphatic rings. The summed E-state index contributed by atoms with van der Waals surface area (Å²) in [5.41, 5.74) is 11.0. The highest BCUT2D eigenvalue weighted by Crippen LogP contribution is 2.20. The van der Waals surface area contributed by atoms with Crippen molar-refractivity contribution in [2.45, 2.75) is 205 Å². The highest BCUT2D eigenvalue weighted by Gasteiger charge is 2.33. The van der Waals surface area contributed by atoms with E-state index >= 15 is 0 Å². The van der Waals surface area contributed by atoms with Crippen LogP contribution in [0.5, 0.6) is 0 Å². The number of nitrogens with two attached hydrogens (primary N) is 1. The highest BCUT2D eigenvalue weighted by atomic mass is 16.2. The Morgan fingerprint density at radius 2 is 1.14 bits per heavy atom. The Kier molecular flexibility index (Phi) is 35.8. The lowest BCUT2D eigenvalue weighted by Gasteiger charge is -2.27. The highest BCUT2D eigenvalue weighted by molar-refractivity contribution is 6.26. The summed E-state index contributed by atoms with van der Waals surface area (Å²) >= 11 is 0. The fourth-order valence-electron chi connectivity index (χ4n) is 9.96. The third-order valence-electron chi connectivity index (χ3n) is 15.1. The van der Waals surface area contributed by atoms with Crippen LogP contribution in [0.2, 0.25) is 0 Å². The summed E-state index contributed by atoms with van der Waals surface area (Å²) in [7, 11) is 0. The molecule has 0 saturated heterocycles. The third-order valence-corrected chi connectivity index (χ3v) is 15.1. The molecule has 10 amide bonds. The Morgan fingerprint density at radius 1 is 0.560 bits per heavy atom. The fourth-order valence-corrected chi connectivity index (χ4v) is 9.96. The van der Waals surface area contributed by atoms with Crippen LogP contribution in [0.25, 0.3) is 10.9 Å². The summed E-state index contributed by atoms with van der Waals surface area (Å²) in [5, 5.41) is 29.2. The molecule has 0 aliphatic heterocycles. The first-order valence-corrected chi connectivity index (χ1v) is 32.3. The summed E-state index contributed by atoms with van der Waals surface area (Å²) in [5.74, 6) is -5.79. The van der Waals surface area contributed by atoms with Gasteiger partial charge in [0.15, 0.2) is 0 Å². The number of primary amides is 1. The van der Waals surface area contributed by atoms with Gasteiger partial charge >= 0.3 is 0 Å². The van der Waals surface area contributed by atoms with Gasteiger partial charge in [0.05, 0.1) is 6.33 Å². The Balaban J connectivity index is 1.33. The van der Waals surface area contributed by atoms with E-state index in [0.29, 0.717) is 62.0 Å². The smallest absolute Gasteiger partial charge is 0.264 e. The van der Waals surface area contributed by atoms with Crippen molar-refractivity contribution < 1.29 is 47.9 Å². The van der Waals surface area contributed by atoms with Gasteiger partial charge < -0.3 is 69.0 Å². The van der Waals surface area contributed by atoms with Gasteiger partial charge in [-0.3, -0.25) is 47.9 Å². The van der Waals surface area contributed by atoms with E-state index in [1.807, 2.05) is 31.2 Å². The van der Waals surface area contributed by atoms with Crippen molar-refractivity contribution in [1.29, 1.82) is 0 Å². The number of hydrazone groups is 1. The maximum atomic E-state index is 14.7. The molecular weight excluding hydrogens is 1160 g/mol. The number of aromatic nitrogens is 3. The van der Waals surface area contributed by atoms with Gasteiger partial charge in [-0.05, 0) is 88.3 Å². The molecule has 0 radical (unpaired) electrons. The monoisotopic (exact) mass is 1260 g/mol. The number of carbonyl (C=O) groups excluding carboxylic acids is 10. The van der Waals surface area contributed by atoms with E-state index in [4.69, 9.17) is 5.73 Å². The number of carbonyl (C=O) groups is 10. The molecule has 0 saturated carbocycles. The number of fused-ring (bicyclic) bond motifs is 1. The number of rotatable bonds is 47. The molecule has 91 heavy (non-hydrogen) atoms. The van der Waals surface area contributed by atoms with Gasteiger partial charge in [0.2, 0.25) is 53.2 Å². The van der Waals surface area contributed by atoms with Gasteiger partial charge in [0.1, 0.15) is 49.0 Å². The molecule has 0 spiro atoms. The number of allylic oxidation sites excluding steroid dienone is 2. The molecule has 0 fully saturated rings. The molecule has 0 bridgehead atoms. The number of H-pyrrole nitrogens is 2. The molecule has 4 aromatic rings. The van der Waals surface area contributed by atoms with Crippen LogP contribution in [-0.2, 0) is 67.2 Å². The second-order valence-electron chi connectivity index (χ2n) is 22.9. The lowest BCUT2D eigenvalue weighted by Crippen LogP contribution is -2.60. The van der Waals surface area contributed by atoms with Gasteiger partial charge in [-0.15, -0.1) is 0 Å². The molecule has 2 aromatic heterocycles. The molecule has 25 nitrogen and oxygen atoms in total. The number of nitrogens with one attached hydrogen (secondary N) is 12. The van der Waals surface area contributed by atoms with Crippen molar-refractivity contribution in [2.24, 2.45) is 10.8 Å². The normalized spacial score (nSPS) is 13.2. The van der Waals surface area contributed by atoms with Crippen LogP contribution in [0.4, 0.5) is 0 Å². The number of para-hydroxylation sites is 1. The predicted octanol–water partition coefficient (Wildman–Crippen LogP) is 4.28. The van der Waals surface area contributed by atoms with Crippen LogP contribution < -0.4 is 59.0 Å². The van der Waals surface area contributed by atoms with E-state index in [1.165, 1.54) is 64.9 Å². The standard InChI is InChI=1S/C66H99N15O10/c1-5-7-9-10-11-12-13-14-15-16-17-18-22-34-58(83)69-36-27-37-71-60(85)44-75-74-43-59(84)70-35-26-25-33-54(64(89)79-55(61(67)86)39-49-41-72-52-32-24-23-30-51(49)52)78-65(90)56(38-48-28-20-19-21-29-48)81-66(91)57(40-50-42-68-45-73-50)80-62(87)46(3)76-63(88)53(31-8-6-2)77-47(4)82/h12-13,19-21,23-24,28-30,32,41-42,44-46,53-57,72,74H,5-11,14-18,22,25-27,31,33-40,43H2,1-4H3,(H2,67,86)(H,68,73)(H,69,83)(H,70,84)(H,71,85)(H,76,88)(H,77,82)(H,78,90)(H,79,89)(H,80,87)(H,81,91)/b13-12-,75-44+/t46-,53-,54-,55-,56+,57-/m0/s1. The van der Waals surface area contributed by atoms with Crippen molar-refractivity contribution in [3.05, 3.63) is 102 Å². The number of nitrogens with zero attached hydrogens (tertiary/aromatic N) is 2. The number of benzene rings is 2. The summed E-state index contributed by atoms with van der Waals surface area (Å²) in [6.07, 6.45) is 26.1. The minimum Gasteiger partial charge on any atom is -0.368 e. The van der Waals surface area contributed by atoms with Crippen LogP contribution in [0.15, 0.2) is 90.6 Å². The average Bonchev–Trinajstić information content (AvgIpc) is 1.87. The van der Waals surface area contributed by atoms with Crippen molar-refractivity contribution in [3.8, 4) is 0 Å². The fraction of sp³-hybridized carbons (Fsp3) is 0.545. The Hall–Kier alpha value is -8.90. The molecule has 2 heterocycles. The Labute approximate surface area is 534 Å². The van der Waals surface area contributed by atoms with E-state index < -0.39 is 89.4 Å². The molecule has 4 rings (SSSR count). The largest absolute Gasteiger partial charge is 0.368 e. The number of unbranched alkanes of at least 4 members (excludes halogenated alkanes) is 11. The molecular formula is C66H99N15O10. The van der Waals surface area contributed by atoms with Crippen LogP contribution >= 0.6 is 0 Å². The third kappa shape index (κ3) is 30.9. The van der Waals surface area contributed by atoms with Crippen molar-refractivity contribution in [3.63, 3.8) is 0 Å². The molecule has 2 aromatic carbocycles. The number of amides is 10. The summed E-state index contributed by atoms with van der Waals surface area (Å²) in [4.78, 5) is 143. The van der Waals surface area contributed by atoms with Crippen LogP contribution in [0.1, 0.15) is 167 Å². The van der Waals surface area contributed by atoms with Crippen molar-refractivity contribution in [1.82, 2.24) is 68.2 Å². The Bertz CT molecular complexity index is 2930. The minimum atomic E-state index is -1.35. The SMILES string of the molecule is CCCCCC/C=C\CCCCCCCC(=O)NCCCNC(=O)/C=N/NCC(=O)NCCCC[C@H](NC(=O)[C@@H](Cc1ccccc1)NC(=O)[C@H](Cc1cnc[nH]1)NC(=O)[C@H](C)NC(=O)[C@H](CCCC)NC(C)=O)C(=O)N[C@@H](Cc1c[nH]c2ccccc12)C(N)=O. The zero-order valence-corrected chi connectivity index (χ0v) is 53.6. The molecule has 498 valence electrons. The molecule has 25 heteroatoms. The van der Waals surface area contributed by atoms with Gasteiger partial charge in [-0.25, -0.2) is 4.98 Å². The van der Waals surface area contributed by atoms with Crippen LogP contribution in [0, 0.1) is 0 Å². The van der Waals surface area contributed by atoms with E-state index in [2.05, 4.69) is 92.4 Å². The van der Waals surface area contributed by atoms with Gasteiger partial charge in [0, 0.05) is 81.2 Å². The van der Waals surface area contributed by atoms with Crippen LogP contribution in [0.3, 0.4) is 0 Å². The predicted molar refractivity (Wildman–Crippen MR) is 350 cm³/mol. The molecule has 6 atom stereocenters. The number of aromatic amines is 2. The van der Waals surface area contributed by atoms with E-state index in [-0.39, 0.29) is 51.1 Å². The van der Waals surface area contributed by atoms with Crippen LogP contribution in [-0.4, -0.2) is 143 Å². The second kappa shape index (κ2) is 43.7. The van der Waals surface area contributed by atoms with E-state index in [0.717, 1.165) is 55.6 Å². The quantitative estimate of drug-likeness (QED) is 0.0128. The first-order valence-electron chi connectivity index (χ1n) is 32.3. The number of hydrogen-bond acceptors (Lipinski definition) is 13. The lowest BCUT2D eigenvalue weighted by molar-refractivity contribution is -0.135. The van der Waals surface area contributed by atoms with Crippen molar-refractivity contribution >= 4 is 76.2 Å². The van der Waals surface area contributed by atoms with E-state index in [1.54, 1.807) is 36.5 Å². The minimum absolute atomic E-state index is 0.00332. The molecule has 0 unspecified atom stereocenters. The van der Waals surface area contributed by atoms with Gasteiger partial charge in [-0.2, -0.15) is 5.10 Å². The summed E-state index contributed by atoms with van der Waals surface area (Å²) < 4.78 is 0. The first-order chi connectivity index (χ1) is 44.0. The molecule has 0 aliphatic carbocycles. The molecule has 14 N–H and O–H groups in total. The zero-order valence-electron chi connectivity index (χ0n) is 53.6. The number of imidazole rings is 1. The summed E-state index contributed by atoms with van der Waals surface area (Å²) in [6.45, 7) is 7.52. The lowest BCUT2D eigenvalue weighted by atomic mass is 10.0. The van der Waals surface area contributed by atoms with Gasteiger partial charge in [-0.1, -0.05) is 126 Å². The number of hydrogen-bond donors (Lipinski definition) is 13. The topological polar surface area (TPSA) is 374 Å². The maximum absolute atomic E-state index is 14.7. The zero-order chi connectivity index (χ0) is 66.0. The maximum Gasteiger partial charge on any atom is 0.264 e. The van der Waals surface area contributed by atoms with Gasteiger partial charge in [0.25, 0.3) is 5.91 Å².